The van der Waals surface area contributed by atoms with Gasteiger partial charge in [0.25, 0.3) is 5.91 Å². The normalized spacial score (nSPS) is 12.4. The summed E-state index contributed by atoms with van der Waals surface area (Å²) in [6.45, 7) is 2.94. The molecule has 0 radical (unpaired) electrons. The number of rotatable bonds is 8. The molecule has 8 nitrogen and oxygen atoms in total. The second kappa shape index (κ2) is 9.99. The SMILES string of the molecule is CC(C)(C(=O)NOCC(=O)O)c1ccc(NC(=O)OCC2c3ccccc3-c3ccccc32)cc1. The van der Waals surface area contributed by atoms with Gasteiger partial charge in [-0.15, -0.1) is 0 Å². The molecule has 4 rings (SSSR count). The van der Waals surface area contributed by atoms with Gasteiger partial charge in [-0.1, -0.05) is 60.7 Å². The number of carbonyl (C=O) groups is 3. The van der Waals surface area contributed by atoms with Crippen LogP contribution in [0.4, 0.5) is 10.5 Å². The standard InChI is InChI=1S/C27H26N2O6/c1-27(2,25(32)29-35-16-24(30)31)17-11-13-18(14-12-17)28-26(33)34-15-23-21-9-5-3-7-19(21)20-8-4-6-10-22(20)23/h3-14,23H,15-16H2,1-2H3,(H,28,33)(H,29,32)(H,30,31). The molecule has 0 atom stereocenters. The molecule has 0 aromatic heterocycles. The molecule has 0 fully saturated rings. The van der Waals surface area contributed by atoms with Crippen LogP contribution >= 0.6 is 0 Å². The lowest BCUT2D eigenvalue weighted by molar-refractivity contribution is -0.151. The van der Waals surface area contributed by atoms with Gasteiger partial charge in [0.15, 0.2) is 6.61 Å². The van der Waals surface area contributed by atoms with Crippen molar-refractivity contribution >= 4 is 23.7 Å². The maximum absolute atomic E-state index is 12.5. The van der Waals surface area contributed by atoms with Crippen molar-refractivity contribution in [2.24, 2.45) is 0 Å². The molecule has 35 heavy (non-hydrogen) atoms. The van der Waals surface area contributed by atoms with Crippen LogP contribution in [0.5, 0.6) is 0 Å². The maximum Gasteiger partial charge on any atom is 0.411 e. The largest absolute Gasteiger partial charge is 0.479 e. The zero-order valence-electron chi connectivity index (χ0n) is 19.4. The Hall–Kier alpha value is -4.17. The van der Waals surface area contributed by atoms with Crippen LogP contribution in [-0.4, -0.2) is 36.3 Å². The summed E-state index contributed by atoms with van der Waals surface area (Å²) in [4.78, 5) is 40.1. The van der Waals surface area contributed by atoms with E-state index in [9.17, 15) is 14.4 Å². The van der Waals surface area contributed by atoms with Crippen LogP contribution in [-0.2, 0) is 24.6 Å². The first-order valence-electron chi connectivity index (χ1n) is 11.1. The van der Waals surface area contributed by atoms with Crippen molar-refractivity contribution in [3.63, 3.8) is 0 Å². The zero-order valence-corrected chi connectivity index (χ0v) is 19.4. The number of carboxylic acid groups (broad SMARTS) is 1. The Labute approximate surface area is 202 Å². The molecule has 0 unspecified atom stereocenters. The smallest absolute Gasteiger partial charge is 0.411 e. The van der Waals surface area contributed by atoms with Crippen LogP contribution in [0.15, 0.2) is 72.8 Å². The predicted molar refractivity (Wildman–Crippen MR) is 130 cm³/mol. The van der Waals surface area contributed by atoms with Crippen LogP contribution in [0.25, 0.3) is 11.1 Å². The molecular weight excluding hydrogens is 448 g/mol. The first-order chi connectivity index (χ1) is 16.8. The molecule has 1 aliphatic rings. The van der Waals surface area contributed by atoms with Crippen LogP contribution in [0.3, 0.4) is 0 Å². The van der Waals surface area contributed by atoms with Gasteiger partial charge in [-0.25, -0.2) is 15.1 Å². The monoisotopic (exact) mass is 474 g/mol. The Kier molecular flexibility index (Phi) is 6.84. The third-order valence-electron chi connectivity index (χ3n) is 6.12. The number of carboxylic acids is 1. The van der Waals surface area contributed by atoms with E-state index in [-0.39, 0.29) is 12.5 Å². The molecule has 0 spiro atoms. The van der Waals surface area contributed by atoms with Gasteiger partial charge in [-0.05, 0) is 53.8 Å². The van der Waals surface area contributed by atoms with Gasteiger partial charge in [0, 0.05) is 11.6 Å². The fourth-order valence-corrected chi connectivity index (χ4v) is 4.14. The number of fused-ring (bicyclic) bond motifs is 3. The Morgan fingerprint density at radius 1 is 0.886 bits per heavy atom. The third-order valence-corrected chi connectivity index (χ3v) is 6.12. The lowest BCUT2D eigenvalue weighted by Gasteiger charge is -2.23. The zero-order chi connectivity index (χ0) is 25.0. The number of ether oxygens (including phenoxy) is 1. The van der Waals surface area contributed by atoms with Crippen LogP contribution < -0.4 is 10.8 Å². The fraction of sp³-hybridized carbons (Fsp3) is 0.222. The lowest BCUT2D eigenvalue weighted by atomic mass is 9.84. The first-order valence-corrected chi connectivity index (χ1v) is 11.1. The van der Waals surface area contributed by atoms with Gasteiger partial charge in [0.05, 0.1) is 5.41 Å². The molecule has 0 saturated heterocycles. The molecular formula is C27H26N2O6. The number of anilines is 1. The van der Waals surface area contributed by atoms with Gasteiger partial charge < -0.3 is 9.84 Å². The summed E-state index contributed by atoms with van der Waals surface area (Å²) in [5.41, 5.74) is 6.93. The van der Waals surface area contributed by atoms with E-state index >= 15 is 0 Å². The number of carbonyl (C=O) groups excluding carboxylic acids is 2. The molecule has 3 aromatic rings. The summed E-state index contributed by atoms with van der Waals surface area (Å²) in [5.74, 6) is -1.71. The van der Waals surface area contributed by atoms with E-state index in [4.69, 9.17) is 9.84 Å². The quantitative estimate of drug-likeness (QED) is 0.416. The van der Waals surface area contributed by atoms with Gasteiger partial charge in [-0.3, -0.25) is 14.9 Å². The molecule has 1 aliphatic carbocycles. The molecule has 3 aromatic carbocycles. The number of amides is 2. The summed E-state index contributed by atoms with van der Waals surface area (Å²) in [6.07, 6.45) is -0.571. The number of aliphatic carboxylic acids is 1. The highest BCUT2D eigenvalue weighted by Crippen LogP contribution is 2.44. The highest BCUT2D eigenvalue weighted by atomic mass is 16.7. The number of nitrogens with one attached hydrogen (secondary N) is 2. The Morgan fingerprint density at radius 3 is 2.03 bits per heavy atom. The van der Waals surface area contributed by atoms with E-state index in [1.54, 1.807) is 38.1 Å². The average Bonchev–Trinajstić information content (AvgIpc) is 3.16. The van der Waals surface area contributed by atoms with E-state index < -0.39 is 30.0 Å². The van der Waals surface area contributed by atoms with Gasteiger partial charge >= 0.3 is 12.1 Å². The highest BCUT2D eigenvalue weighted by molar-refractivity contribution is 5.88. The minimum atomic E-state index is -1.19. The van der Waals surface area contributed by atoms with Gasteiger partial charge in [0.2, 0.25) is 0 Å². The fourth-order valence-electron chi connectivity index (χ4n) is 4.14. The topological polar surface area (TPSA) is 114 Å². The van der Waals surface area contributed by atoms with Crippen molar-refractivity contribution in [2.45, 2.75) is 25.2 Å². The van der Waals surface area contributed by atoms with E-state index in [2.05, 4.69) is 39.9 Å². The van der Waals surface area contributed by atoms with Crippen molar-refractivity contribution in [1.82, 2.24) is 5.48 Å². The Morgan fingerprint density at radius 2 is 1.46 bits per heavy atom. The molecule has 180 valence electrons. The third kappa shape index (κ3) is 5.17. The van der Waals surface area contributed by atoms with Crippen LogP contribution in [0.1, 0.15) is 36.5 Å². The summed E-state index contributed by atoms with van der Waals surface area (Å²) >= 11 is 0. The number of hydrogen-bond acceptors (Lipinski definition) is 5. The van der Waals surface area contributed by atoms with Crippen LogP contribution in [0, 0.1) is 0 Å². The highest BCUT2D eigenvalue weighted by Gasteiger charge is 2.31. The summed E-state index contributed by atoms with van der Waals surface area (Å²) in [6, 6.07) is 23.0. The van der Waals surface area contributed by atoms with Gasteiger partial charge in [-0.2, -0.15) is 0 Å². The molecule has 2 amide bonds. The molecule has 3 N–H and O–H groups in total. The summed E-state index contributed by atoms with van der Waals surface area (Å²) in [7, 11) is 0. The lowest BCUT2D eigenvalue weighted by Crippen LogP contribution is -2.40. The maximum atomic E-state index is 12.5. The van der Waals surface area contributed by atoms with Gasteiger partial charge in [0.1, 0.15) is 6.61 Å². The minimum absolute atomic E-state index is 0.0295. The van der Waals surface area contributed by atoms with Crippen molar-refractivity contribution in [1.29, 1.82) is 0 Å². The van der Waals surface area contributed by atoms with E-state index in [1.807, 2.05) is 24.3 Å². The second-order valence-corrected chi connectivity index (χ2v) is 8.77. The average molecular weight is 475 g/mol. The Balaban J connectivity index is 1.36. The molecule has 0 aliphatic heterocycles. The van der Waals surface area contributed by atoms with E-state index in [0.717, 1.165) is 22.3 Å². The first kappa shape index (κ1) is 24.0. The predicted octanol–water partition coefficient (Wildman–Crippen LogP) is 4.46. The number of hydroxylamine groups is 1. The summed E-state index contributed by atoms with van der Waals surface area (Å²) < 4.78 is 5.56. The molecule has 0 saturated carbocycles. The second-order valence-electron chi connectivity index (χ2n) is 8.77. The van der Waals surface area contributed by atoms with Crippen molar-refractivity contribution in [3.8, 4) is 11.1 Å². The number of hydrogen-bond donors (Lipinski definition) is 3. The van der Waals surface area contributed by atoms with Crippen molar-refractivity contribution in [3.05, 3.63) is 89.5 Å². The molecule has 0 heterocycles. The van der Waals surface area contributed by atoms with Crippen molar-refractivity contribution in [2.75, 3.05) is 18.5 Å². The summed E-state index contributed by atoms with van der Waals surface area (Å²) in [5, 5.41) is 11.3. The van der Waals surface area contributed by atoms with E-state index in [0.29, 0.717) is 11.3 Å². The van der Waals surface area contributed by atoms with Crippen LogP contribution in [0.2, 0.25) is 0 Å². The van der Waals surface area contributed by atoms with Crippen molar-refractivity contribution < 1.29 is 29.1 Å². The Bertz CT molecular complexity index is 1210. The van der Waals surface area contributed by atoms with E-state index in [1.165, 1.54) is 0 Å². The number of benzene rings is 3. The minimum Gasteiger partial charge on any atom is -0.479 e. The molecule has 0 bridgehead atoms. The molecule has 8 heteroatoms.